The van der Waals surface area contributed by atoms with E-state index in [4.69, 9.17) is 25.9 Å². The van der Waals surface area contributed by atoms with Crippen molar-refractivity contribution < 1.29 is 23.9 Å². The van der Waals surface area contributed by atoms with Gasteiger partial charge in [-0.25, -0.2) is 9.63 Å². The Labute approximate surface area is 180 Å². The highest BCUT2D eigenvalue weighted by Crippen LogP contribution is 2.39. The second-order valence-electron chi connectivity index (χ2n) is 7.92. The second kappa shape index (κ2) is 7.81. The smallest absolute Gasteiger partial charge is 0.351 e. The van der Waals surface area contributed by atoms with E-state index >= 15 is 0 Å². The lowest BCUT2D eigenvalue weighted by Crippen LogP contribution is -2.36. The van der Waals surface area contributed by atoms with Gasteiger partial charge in [-0.2, -0.15) is 5.06 Å². The number of hydroxylamine groups is 2. The molecule has 4 rings (SSSR count). The van der Waals surface area contributed by atoms with E-state index in [0.29, 0.717) is 10.7 Å². The van der Waals surface area contributed by atoms with Crippen molar-refractivity contribution in [1.29, 1.82) is 0 Å². The van der Waals surface area contributed by atoms with Gasteiger partial charge in [0.05, 0.1) is 30.8 Å². The zero-order valence-electron chi connectivity index (χ0n) is 17.1. The molecule has 2 aliphatic heterocycles. The number of carbonyl (C=O) groups is 2. The molecule has 0 bridgehead atoms. The number of hydrogen-bond donors (Lipinski definition) is 0. The topological polar surface area (TPSA) is 68.3 Å². The van der Waals surface area contributed by atoms with Crippen LogP contribution in [0.1, 0.15) is 31.4 Å². The summed E-state index contributed by atoms with van der Waals surface area (Å²) in [6, 6.07) is 12.4. The Morgan fingerprint density at radius 3 is 2.73 bits per heavy atom. The fourth-order valence-corrected chi connectivity index (χ4v) is 4.03. The van der Waals surface area contributed by atoms with E-state index in [1.54, 1.807) is 24.3 Å². The lowest BCUT2D eigenvalue weighted by molar-refractivity contribution is -0.155. The molecular weight excluding hydrogens is 408 g/mol. The number of ether oxygens (including phenoxy) is 2. The molecule has 1 unspecified atom stereocenters. The highest BCUT2D eigenvalue weighted by molar-refractivity contribution is 6.33. The summed E-state index contributed by atoms with van der Waals surface area (Å²) in [7, 11) is 1.29. The third-order valence-electron chi connectivity index (χ3n) is 5.12. The summed E-state index contributed by atoms with van der Waals surface area (Å²) in [5.74, 6) is 0.289. The minimum atomic E-state index is -0.862. The molecule has 1 saturated heterocycles. The highest BCUT2D eigenvalue weighted by atomic mass is 35.5. The molecule has 158 valence electrons. The number of anilines is 1. The minimum absolute atomic E-state index is 0.125. The normalized spacial score (nSPS) is 19.6. The van der Waals surface area contributed by atoms with Gasteiger partial charge in [0.25, 0.3) is 0 Å². The summed E-state index contributed by atoms with van der Waals surface area (Å²) in [6.07, 6.45) is -0.193. The number of urea groups is 1. The predicted molar refractivity (Wildman–Crippen MR) is 111 cm³/mol. The van der Waals surface area contributed by atoms with Crippen molar-refractivity contribution in [3.63, 3.8) is 0 Å². The summed E-state index contributed by atoms with van der Waals surface area (Å²) in [6.45, 7) is 4.23. The Kier molecular flexibility index (Phi) is 5.34. The summed E-state index contributed by atoms with van der Waals surface area (Å²) in [5, 5.41) is 1.62. The third-order valence-corrected chi connectivity index (χ3v) is 5.44. The van der Waals surface area contributed by atoms with Crippen molar-refractivity contribution in [2.75, 3.05) is 12.0 Å². The fourth-order valence-electron chi connectivity index (χ4n) is 3.81. The Balaban J connectivity index is 1.63. The van der Waals surface area contributed by atoms with Crippen LogP contribution < -0.4 is 9.64 Å². The number of halogens is 1. The molecule has 1 fully saturated rings. The maximum atomic E-state index is 13.2. The van der Waals surface area contributed by atoms with Gasteiger partial charge < -0.3 is 9.47 Å². The molecule has 0 spiro atoms. The van der Waals surface area contributed by atoms with Crippen molar-refractivity contribution >= 4 is 29.3 Å². The molecule has 0 N–H and O–H groups in total. The van der Waals surface area contributed by atoms with Gasteiger partial charge in [-0.1, -0.05) is 41.9 Å². The monoisotopic (exact) mass is 430 g/mol. The first kappa shape index (κ1) is 20.5. The predicted octanol–water partition coefficient (Wildman–Crippen LogP) is 4.32. The lowest BCUT2D eigenvalue weighted by Gasteiger charge is -2.21. The molecule has 8 heteroatoms. The minimum Gasteiger partial charge on any atom is -0.487 e. The van der Waals surface area contributed by atoms with Crippen LogP contribution in [0.2, 0.25) is 5.02 Å². The van der Waals surface area contributed by atoms with Crippen LogP contribution in [0.15, 0.2) is 42.5 Å². The molecule has 0 aromatic heterocycles. The van der Waals surface area contributed by atoms with Crippen LogP contribution >= 0.6 is 11.6 Å². The number of hydrogen-bond acceptors (Lipinski definition) is 5. The number of rotatable bonds is 5. The number of amides is 2. The molecule has 7 nitrogen and oxygen atoms in total. The Morgan fingerprint density at radius 1 is 1.23 bits per heavy atom. The van der Waals surface area contributed by atoms with E-state index in [1.807, 2.05) is 32.0 Å². The first-order valence-electron chi connectivity index (χ1n) is 9.68. The van der Waals surface area contributed by atoms with Crippen LogP contribution in [0.25, 0.3) is 0 Å². The van der Waals surface area contributed by atoms with Crippen LogP contribution in [0.5, 0.6) is 5.75 Å². The van der Waals surface area contributed by atoms with Crippen molar-refractivity contribution in [1.82, 2.24) is 5.06 Å². The van der Waals surface area contributed by atoms with Gasteiger partial charge in [-0.3, -0.25) is 9.69 Å². The van der Waals surface area contributed by atoms with Gasteiger partial charge in [0, 0.05) is 12.0 Å². The van der Waals surface area contributed by atoms with Crippen LogP contribution in [0.3, 0.4) is 0 Å². The molecule has 30 heavy (non-hydrogen) atoms. The second-order valence-corrected chi connectivity index (χ2v) is 8.33. The Morgan fingerprint density at radius 2 is 2.00 bits per heavy atom. The molecule has 2 aromatic rings. The zero-order chi connectivity index (χ0) is 21.5. The van der Waals surface area contributed by atoms with Crippen molar-refractivity contribution in [3.8, 4) is 5.75 Å². The van der Waals surface area contributed by atoms with Gasteiger partial charge in [0.1, 0.15) is 11.4 Å². The number of esters is 1. The molecule has 2 heterocycles. The molecule has 0 aliphatic carbocycles. The van der Waals surface area contributed by atoms with Crippen LogP contribution in [0.4, 0.5) is 10.5 Å². The first-order valence-corrected chi connectivity index (χ1v) is 10.1. The fraction of sp³-hybridized carbons (Fsp3) is 0.364. The lowest BCUT2D eigenvalue weighted by atomic mass is 10.0. The van der Waals surface area contributed by atoms with E-state index in [0.717, 1.165) is 23.3 Å². The highest BCUT2D eigenvalue weighted by Gasteiger charge is 2.43. The summed E-state index contributed by atoms with van der Waals surface area (Å²) < 4.78 is 10.9. The van der Waals surface area contributed by atoms with Crippen LogP contribution in [-0.2, 0) is 27.3 Å². The summed E-state index contributed by atoms with van der Waals surface area (Å²) in [4.78, 5) is 32.4. The van der Waals surface area contributed by atoms with Crippen LogP contribution in [0, 0.1) is 0 Å². The number of fused-ring (bicyclic) bond motifs is 1. The number of benzene rings is 2. The number of carbonyl (C=O) groups excluding carboxylic acids is 2. The quantitative estimate of drug-likeness (QED) is 0.661. The Bertz CT molecular complexity index is 993. The van der Waals surface area contributed by atoms with Crippen LogP contribution in [-0.4, -0.2) is 36.0 Å². The zero-order valence-corrected chi connectivity index (χ0v) is 17.8. The molecule has 1 atom stereocenters. The van der Waals surface area contributed by atoms with Crippen molar-refractivity contribution in [2.45, 2.75) is 45.1 Å². The molecule has 2 amide bonds. The maximum absolute atomic E-state index is 13.2. The van der Waals surface area contributed by atoms with E-state index < -0.39 is 18.2 Å². The van der Waals surface area contributed by atoms with Gasteiger partial charge in [-0.15, -0.1) is 0 Å². The van der Waals surface area contributed by atoms with Gasteiger partial charge >= 0.3 is 12.0 Å². The van der Waals surface area contributed by atoms with E-state index in [1.165, 1.54) is 17.1 Å². The average molecular weight is 431 g/mol. The molecule has 0 saturated carbocycles. The molecular formula is C22H23ClN2O5. The average Bonchev–Trinajstić information content (AvgIpc) is 3.18. The van der Waals surface area contributed by atoms with Crippen molar-refractivity contribution in [2.24, 2.45) is 0 Å². The first-order chi connectivity index (χ1) is 14.3. The Hall–Kier alpha value is -2.77. The van der Waals surface area contributed by atoms with Gasteiger partial charge in [0.2, 0.25) is 0 Å². The van der Waals surface area contributed by atoms with Crippen molar-refractivity contribution in [3.05, 3.63) is 58.6 Å². The van der Waals surface area contributed by atoms with E-state index in [2.05, 4.69) is 0 Å². The summed E-state index contributed by atoms with van der Waals surface area (Å²) in [5.41, 5.74) is 2.10. The van der Waals surface area contributed by atoms with Gasteiger partial charge in [0.15, 0.2) is 6.23 Å². The molecule has 2 aromatic carbocycles. The number of nitrogens with zero attached hydrogens (tertiary/aromatic N) is 2. The van der Waals surface area contributed by atoms with E-state index in [9.17, 15) is 9.59 Å². The summed E-state index contributed by atoms with van der Waals surface area (Å²) >= 11 is 6.32. The maximum Gasteiger partial charge on any atom is 0.351 e. The standard InChI is InChI=1S/C22H23ClN2O5/c1-22(2)12-14-7-6-8-15(20(14)29-22)13-24-21(27)25(17-10-5-4-9-16(17)23)18(30-24)11-19(26)28-3/h4-10,18H,11-13H2,1-3H3. The van der Waals surface area contributed by atoms with Gasteiger partial charge in [-0.05, 0) is 31.5 Å². The number of methoxy groups -OCH3 is 1. The third kappa shape index (κ3) is 3.82. The van der Waals surface area contributed by atoms with E-state index in [-0.39, 0.29) is 18.6 Å². The largest absolute Gasteiger partial charge is 0.487 e. The molecule has 0 radical (unpaired) electrons. The molecule has 2 aliphatic rings. The number of para-hydroxylation sites is 2. The SMILES string of the molecule is COC(=O)CC1ON(Cc2cccc3c2OC(C)(C)C3)C(=O)N1c1ccccc1Cl.